The van der Waals surface area contributed by atoms with Crippen LogP contribution in [-0.4, -0.2) is 36.8 Å². The Bertz CT molecular complexity index is 770. The van der Waals surface area contributed by atoms with Crippen LogP contribution in [0.25, 0.3) is 0 Å². The van der Waals surface area contributed by atoms with E-state index in [2.05, 4.69) is 19.8 Å². The summed E-state index contributed by atoms with van der Waals surface area (Å²) in [7, 11) is -2.11. The quantitative estimate of drug-likeness (QED) is 0.760. The number of nitrogens with one attached hydrogen (secondary N) is 1. The van der Waals surface area contributed by atoms with Gasteiger partial charge in [-0.2, -0.15) is 0 Å². The fourth-order valence-corrected chi connectivity index (χ4v) is 3.14. The van der Waals surface area contributed by atoms with Crippen molar-refractivity contribution in [3.63, 3.8) is 0 Å². The van der Waals surface area contributed by atoms with Crippen LogP contribution in [0, 0.1) is 0 Å². The van der Waals surface area contributed by atoms with E-state index in [0.29, 0.717) is 12.2 Å². The predicted molar refractivity (Wildman–Crippen MR) is 78.2 cm³/mol. The third-order valence-corrected chi connectivity index (χ3v) is 4.97. The van der Waals surface area contributed by atoms with Crippen molar-refractivity contribution in [1.29, 1.82) is 0 Å². The first-order valence-corrected chi connectivity index (χ1v) is 7.94. The summed E-state index contributed by atoms with van der Waals surface area (Å²) in [5.41, 5.74) is 7.26. The Morgan fingerprint density at radius 3 is 2.86 bits per heavy atom. The molecular formula is C12H16N6O2S. The van der Waals surface area contributed by atoms with Crippen molar-refractivity contribution in [2.75, 3.05) is 24.2 Å². The van der Waals surface area contributed by atoms with Crippen molar-refractivity contribution in [3.8, 4) is 0 Å². The summed E-state index contributed by atoms with van der Waals surface area (Å²) in [4.78, 5) is 2.22. The van der Waals surface area contributed by atoms with Gasteiger partial charge in [-0.25, -0.2) is 13.1 Å². The molecule has 2 heterocycles. The lowest BCUT2D eigenvalue weighted by Gasteiger charge is -2.30. The summed E-state index contributed by atoms with van der Waals surface area (Å²) in [6, 6.07) is 4.75. The Labute approximate surface area is 122 Å². The molecule has 0 spiro atoms. The number of benzene rings is 1. The number of rotatable bonds is 3. The first-order valence-electron chi connectivity index (χ1n) is 6.46. The molecule has 21 heavy (non-hydrogen) atoms. The summed E-state index contributed by atoms with van der Waals surface area (Å²) in [5, 5.41) is 7.94. The second kappa shape index (κ2) is 5.01. The average Bonchev–Trinajstić information content (AvgIpc) is 2.94. The van der Waals surface area contributed by atoms with E-state index in [-0.39, 0.29) is 4.90 Å². The fraction of sp³-hybridized carbons (Fsp3) is 0.333. The van der Waals surface area contributed by atoms with Gasteiger partial charge in [-0.1, -0.05) is 0 Å². The van der Waals surface area contributed by atoms with E-state index in [4.69, 9.17) is 5.73 Å². The van der Waals surface area contributed by atoms with Crippen molar-refractivity contribution in [1.82, 2.24) is 19.5 Å². The van der Waals surface area contributed by atoms with Gasteiger partial charge in [0.05, 0.1) is 22.8 Å². The van der Waals surface area contributed by atoms with Crippen LogP contribution in [0.4, 0.5) is 11.4 Å². The SMILES string of the molecule is CNS(=O)(=O)c1ccc(N2CCn3cnnc3C2)c(N)c1. The van der Waals surface area contributed by atoms with E-state index in [9.17, 15) is 8.42 Å². The molecular weight excluding hydrogens is 292 g/mol. The van der Waals surface area contributed by atoms with E-state index in [1.165, 1.54) is 13.1 Å². The molecule has 0 atom stereocenters. The van der Waals surface area contributed by atoms with E-state index in [1.54, 1.807) is 18.5 Å². The monoisotopic (exact) mass is 308 g/mol. The number of aromatic nitrogens is 3. The summed E-state index contributed by atoms with van der Waals surface area (Å²) in [6.45, 7) is 2.15. The minimum Gasteiger partial charge on any atom is -0.397 e. The zero-order valence-corrected chi connectivity index (χ0v) is 12.3. The third kappa shape index (κ3) is 2.45. The molecule has 1 aromatic heterocycles. The van der Waals surface area contributed by atoms with E-state index >= 15 is 0 Å². The molecule has 1 aliphatic rings. The van der Waals surface area contributed by atoms with Crippen LogP contribution < -0.4 is 15.4 Å². The molecule has 1 aromatic carbocycles. The van der Waals surface area contributed by atoms with Crippen molar-refractivity contribution in [3.05, 3.63) is 30.4 Å². The lowest BCUT2D eigenvalue weighted by Crippen LogP contribution is -2.34. The second-order valence-electron chi connectivity index (χ2n) is 4.79. The maximum atomic E-state index is 11.8. The molecule has 1 aliphatic heterocycles. The van der Waals surface area contributed by atoms with Crippen LogP contribution in [-0.2, 0) is 23.1 Å². The number of hydrogen-bond acceptors (Lipinski definition) is 6. The summed E-state index contributed by atoms with van der Waals surface area (Å²) < 4.78 is 27.8. The first-order chi connectivity index (χ1) is 10.0. The Hall–Kier alpha value is -2.13. The third-order valence-electron chi connectivity index (χ3n) is 3.56. The first kappa shape index (κ1) is 13.8. The van der Waals surface area contributed by atoms with Crippen LogP contribution >= 0.6 is 0 Å². The molecule has 112 valence electrons. The topological polar surface area (TPSA) is 106 Å². The average molecular weight is 308 g/mol. The van der Waals surface area contributed by atoms with Gasteiger partial charge in [0.2, 0.25) is 10.0 Å². The lowest BCUT2D eigenvalue weighted by atomic mass is 10.2. The highest BCUT2D eigenvalue weighted by atomic mass is 32.2. The lowest BCUT2D eigenvalue weighted by molar-refractivity contribution is 0.560. The van der Waals surface area contributed by atoms with Crippen molar-refractivity contribution < 1.29 is 8.42 Å². The van der Waals surface area contributed by atoms with Crippen LogP contribution in [0.3, 0.4) is 0 Å². The minimum absolute atomic E-state index is 0.159. The molecule has 0 bridgehead atoms. The highest BCUT2D eigenvalue weighted by Gasteiger charge is 2.21. The van der Waals surface area contributed by atoms with Crippen LogP contribution in [0.1, 0.15) is 5.82 Å². The number of nitrogen functional groups attached to an aromatic ring is 1. The number of nitrogens with two attached hydrogens (primary N) is 1. The molecule has 0 radical (unpaired) electrons. The molecule has 0 amide bonds. The molecule has 0 saturated heterocycles. The molecule has 0 aliphatic carbocycles. The second-order valence-corrected chi connectivity index (χ2v) is 6.68. The summed E-state index contributed by atoms with van der Waals surface area (Å²) >= 11 is 0. The van der Waals surface area contributed by atoms with Crippen LogP contribution in [0.2, 0.25) is 0 Å². The smallest absolute Gasteiger partial charge is 0.240 e. The van der Waals surface area contributed by atoms with Gasteiger partial charge in [0.25, 0.3) is 0 Å². The molecule has 8 nitrogen and oxygen atoms in total. The Balaban J connectivity index is 1.91. The number of sulfonamides is 1. The van der Waals surface area contributed by atoms with Crippen molar-refractivity contribution in [2.45, 2.75) is 18.0 Å². The molecule has 3 N–H and O–H groups in total. The van der Waals surface area contributed by atoms with Gasteiger partial charge in [0.1, 0.15) is 6.33 Å². The van der Waals surface area contributed by atoms with Crippen molar-refractivity contribution >= 4 is 21.4 Å². The predicted octanol–water partition coefficient (Wildman–Crippen LogP) is -0.211. The summed E-state index contributed by atoms with van der Waals surface area (Å²) in [5.74, 6) is 0.868. The number of hydrogen-bond donors (Lipinski definition) is 2. The highest BCUT2D eigenvalue weighted by molar-refractivity contribution is 7.89. The van der Waals surface area contributed by atoms with E-state index in [0.717, 1.165) is 24.6 Å². The van der Waals surface area contributed by atoms with Gasteiger partial charge in [0.15, 0.2) is 5.82 Å². The van der Waals surface area contributed by atoms with Gasteiger partial charge in [0, 0.05) is 13.1 Å². The Morgan fingerprint density at radius 2 is 2.14 bits per heavy atom. The van der Waals surface area contributed by atoms with Gasteiger partial charge in [-0.3, -0.25) is 0 Å². The zero-order chi connectivity index (χ0) is 15.0. The maximum Gasteiger partial charge on any atom is 0.240 e. The minimum atomic E-state index is -3.48. The molecule has 0 saturated carbocycles. The normalized spacial score (nSPS) is 15.0. The van der Waals surface area contributed by atoms with Gasteiger partial charge in [-0.15, -0.1) is 10.2 Å². The van der Waals surface area contributed by atoms with Gasteiger partial charge < -0.3 is 15.2 Å². The number of nitrogens with zero attached hydrogens (tertiary/aromatic N) is 4. The highest BCUT2D eigenvalue weighted by Crippen LogP contribution is 2.28. The van der Waals surface area contributed by atoms with E-state index in [1.807, 2.05) is 4.57 Å². The molecule has 9 heteroatoms. The van der Waals surface area contributed by atoms with Crippen LogP contribution in [0.15, 0.2) is 29.4 Å². The van der Waals surface area contributed by atoms with Gasteiger partial charge in [-0.05, 0) is 25.2 Å². The number of anilines is 2. The molecule has 2 aromatic rings. The molecule has 3 rings (SSSR count). The van der Waals surface area contributed by atoms with Crippen molar-refractivity contribution in [2.24, 2.45) is 0 Å². The maximum absolute atomic E-state index is 11.8. The standard InChI is InChI=1S/C12H16N6O2S/c1-14-21(19,20)9-2-3-11(10(13)6-9)17-4-5-18-8-15-16-12(18)7-17/h2-3,6,8,14H,4-5,7,13H2,1H3. The van der Waals surface area contributed by atoms with Crippen LogP contribution in [0.5, 0.6) is 0 Å². The fourth-order valence-electron chi connectivity index (χ4n) is 2.38. The molecule has 0 unspecified atom stereocenters. The Morgan fingerprint density at radius 1 is 1.33 bits per heavy atom. The molecule has 0 fully saturated rings. The summed E-state index contributed by atoms with van der Waals surface area (Å²) in [6.07, 6.45) is 1.71. The largest absolute Gasteiger partial charge is 0.397 e. The van der Waals surface area contributed by atoms with Gasteiger partial charge >= 0.3 is 0 Å². The zero-order valence-electron chi connectivity index (χ0n) is 11.5. The van der Waals surface area contributed by atoms with E-state index < -0.39 is 10.0 Å². The number of fused-ring (bicyclic) bond motifs is 1. The Kier molecular flexibility index (Phi) is 3.30.